The number of benzene rings is 1. The SMILES string of the molecule is Cc1ccc(C2(N)CCC(C)(C)CC2)cc1Cl. The van der Waals surface area contributed by atoms with Gasteiger partial charge in [-0.05, 0) is 55.2 Å². The third-order valence-electron chi connectivity index (χ3n) is 4.24. The van der Waals surface area contributed by atoms with Gasteiger partial charge in [0.1, 0.15) is 0 Å². The highest BCUT2D eigenvalue weighted by atomic mass is 35.5. The van der Waals surface area contributed by atoms with E-state index in [4.69, 9.17) is 17.3 Å². The van der Waals surface area contributed by atoms with Crippen molar-refractivity contribution in [3.63, 3.8) is 0 Å². The Hall–Kier alpha value is -0.530. The molecule has 0 unspecified atom stereocenters. The Morgan fingerprint density at radius 3 is 2.24 bits per heavy atom. The van der Waals surface area contributed by atoms with Crippen molar-refractivity contribution >= 4 is 11.6 Å². The number of hydrogen-bond acceptors (Lipinski definition) is 1. The van der Waals surface area contributed by atoms with Crippen LogP contribution in [0.2, 0.25) is 5.02 Å². The number of halogens is 1. The molecule has 1 aromatic carbocycles. The van der Waals surface area contributed by atoms with Crippen molar-refractivity contribution in [2.24, 2.45) is 11.1 Å². The lowest BCUT2D eigenvalue weighted by atomic mass is 9.67. The quantitative estimate of drug-likeness (QED) is 0.787. The zero-order chi connectivity index (χ0) is 12.7. The fourth-order valence-corrected chi connectivity index (χ4v) is 2.74. The summed E-state index contributed by atoms with van der Waals surface area (Å²) in [7, 11) is 0. The number of nitrogens with two attached hydrogens (primary N) is 1. The molecule has 17 heavy (non-hydrogen) atoms. The maximum absolute atomic E-state index is 6.56. The van der Waals surface area contributed by atoms with Crippen LogP contribution in [0, 0.1) is 12.3 Å². The van der Waals surface area contributed by atoms with E-state index in [1.54, 1.807) is 0 Å². The predicted molar refractivity (Wildman–Crippen MR) is 74.3 cm³/mol. The van der Waals surface area contributed by atoms with Gasteiger partial charge in [0.2, 0.25) is 0 Å². The molecule has 0 aromatic heterocycles. The minimum atomic E-state index is -0.174. The normalized spacial score (nSPS) is 22.4. The van der Waals surface area contributed by atoms with Gasteiger partial charge < -0.3 is 5.73 Å². The van der Waals surface area contributed by atoms with Crippen LogP contribution in [0.4, 0.5) is 0 Å². The summed E-state index contributed by atoms with van der Waals surface area (Å²) in [6.07, 6.45) is 4.49. The third kappa shape index (κ3) is 2.66. The molecular formula is C15H22ClN. The Bertz CT molecular complexity index is 413. The molecule has 2 rings (SSSR count). The van der Waals surface area contributed by atoms with Gasteiger partial charge in [-0.2, -0.15) is 0 Å². The van der Waals surface area contributed by atoms with E-state index in [0.29, 0.717) is 5.41 Å². The predicted octanol–water partition coefficient (Wildman–Crippen LogP) is 4.40. The largest absolute Gasteiger partial charge is 0.321 e. The number of aryl methyl sites for hydroxylation is 1. The lowest BCUT2D eigenvalue weighted by Crippen LogP contribution is -2.42. The second-order valence-corrected chi connectivity index (χ2v) is 6.69. The molecule has 2 heteroatoms. The number of hydrogen-bond donors (Lipinski definition) is 1. The van der Waals surface area contributed by atoms with E-state index in [1.807, 2.05) is 6.92 Å². The molecule has 0 saturated heterocycles. The minimum Gasteiger partial charge on any atom is -0.321 e. The van der Waals surface area contributed by atoms with Crippen molar-refractivity contribution in [3.8, 4) is 0 Å². The maximum Gasteiger partial charge on any atom is 0.0438 e. The average Bonchev–Trinajstić information content (AvgIpc) is 2.27. The minimum absolute atomic E-state index is 0.174. The van der Waals surface area contributed by atoms with E-state index in [1.165, 1.54) is 18.4 Å². The van der Waals surface area contributed by atoms with Gasteiger partial charge in [0, 0.05) is 10.6 Å². The molecule has 94 valence electrons. The molecule has 1 aliphatic rings. The van der Waals surface area contributed by atoms with E-state index in [2.05, 4.69) is 32.0 Å². The first-order valence-corrected chi connectivity index (χ1v) is 6.76. The molecule has 0 amide bonds. The Balaban J connectivity index is 2.24. The van der Waals surface area contributed by atoms with Gasteiger partial charge >= 0.3 is 0 Å². The van der Waals surface area contributed by atoms with E-state index < -0.39 is 0 Å². The zero-order valence-electron chi connectivity index (χ0n) is 11.0. The summed E-state index contributed by atoms with van der Waals surface area (Å²) in [5, 5.41) is 0.831. The van der Waals surface area contributed by atoms with Crippen molar-refractivity contribution in [3.05, 3.63) is 34.3 Å². The first-order valence-electron chi connectivity index (χ1n) is 6.38. The molecule has 2 N–H and O–H groups in total. The van der Waals surface area contributed by atoms with Gasteiger partial charge in [-0.15, -0.1) is 0 Å². The zero-order valence-corrected chi connectivity index (χ0v) is 11.8. The van der Waals surface area contributed by atoms with E-state index in [0.717, 1.165) is 23.4 Å². The van der Waals surface area contributed by atoms with Crippen LogP contribution in [0.15, 0.2) is 18.2 Å². The Labute approximate surface area is 109 Å². The van der Waals surface area contributed by atoms with Crippen LogP contribution in [-0.4, -0.2) is 0 Å². The van der Waals surface area contributed by atoms with Gasteiger partial charge in [0.05, 0.1) is 0 Å². The fraction of sp³-hybridized carbons (Fsp3) is 0.600. The first-order chi connectivity index (χ1) is 7.82. The Morgan fingerprint density at radius 2 is 1.71 bits per heavy atom. The van der Waals surface area contributed by atoms with Gasteiger partial charge in [-0.3, -0.25) is 0 Å². The average molecular weight is 252 g/mol. The summed E-state index contributed by atoms with van der Waals surface area (Å²) in [6.45, 7) is 6.68. The summed E-state index contributed by atoms with van der Waals surface area (Å²) in [5.41, 5.74) is 9.15. The standard InChI is InChI=1S/C15H22ClN/c1-11-4-5-12(10-13(11)16)15(17)8-6-14(2,3)7-9-15/h4-5,10H,6-9,17H2,1-3H3. The van der Waals surface area contributed by atoms with E-state index in [9.17, 15) is 0 Å². The van der Waals surface area contributed by atoms with Gasteiger partial charge in [0.25, 0.3) is 0 Å². The summed E-state index contributed by atoms with van der Waals surface area (Å²) in [4.78, 5) is 0. The van der Waals surface area contributed by atoms with Crippen LogP contribution in [0.3, 0.4) is 0 Å². The molecule has 0 aliphatic heterocycles. The molecule has 0 bridgehead atoms. The van der Waals surface area contributed by atoms with Crippen molar-refractivity contribution in [2.45, 2.75) is 52.0 Å². The summed E-state index contributed by atoms with van der Waals surface area (Å²) >= 11 is 6.20. The van der Waals surface area contributed by atoms with Crippen LogP contribution in [-0.2, 0) is 5.54 Å². The second kappa shape index (κ2) is 4.29. The molecule has 1 nitrogen and oxygen atoms in total. The molecular weight excluding hydrogens is 230 g/mol. The highest BCUT2D eigenvalue weighted by Crippen LogP contribution is 2.44. The smallest absolute Gasteiger partial charge is 0.0438 e. The molecule has 1 aromatic rings. The van der Waals surface area contributed by atoms with Crippen molar-refractivity contribution < 1.29 is 0 Å². The summed E-state index contributed by atoms with van der Waals surface area (Å²) < 4.78 is 0. The maximum atomic E-state index is 6.56. The fourth-order valence-electron chi connectivity index (χ4n) is 2.56. The highest BCUT2D eigenvalue weighted by molar-refractivity contribution is 6.31. The monoisotopic (exact) mass is 251 g/mol. The van der Waals surface area contributed by atoms with Crippen LogP contribution in [0.5, 0.6) is 0 Å². The molecule has 1 aliphatic carbocycles. The Kier molecular flexibility index (Phi) is 3.26. The van der Waals surface area contributed by atoms with Crippen LogP contribution >= 0.6 is 11.6 Å². The van der Waals surface area contributed by atoms with E-state index in [-0.39, 0.29) is 5.54 Å². The molecule has 0 atom stereocenters. The lowest BCUT2D eigenvalue weighted by molar-refractivity contribution is 0.165. The first kappa shape index (κ1) is 12.9. The van der Waals surface area contributed by atoms with Gasteiger partial charge in [0.15, 0.2) is 0 Å². The van der Waals surface area contributed by atoms with Gasteiger partial charge in [-0.25, -0.2) is 0 Å². The summed E-state index contributed by atoms with van der Waals surface area (Å²) in [6, 6.07) is 6.26. The van der Waals surface area contributed by atoms with Crippen LogP contribution in [0.1, 0.15) is 50.7 Å². The third-order valence-corrected chi connectivity index (χ3v) is 4.65. The highest BCUT2D eigenvalue weighted by Gasteiger charge is 2.36. The number of rotatable bonds is 1. The topological polar surface area (TPSA) is 26.0 Å². The molecule has 1 saturated carbocycles. The van der Waals surface area contributed by atoms with Crippen molar-refractivity contribution in [1.82, 2.24) is 0 Å². The van der Waals surface area contributed by atoms with Crippen LogP contribution < -0.4 is 5.73 Å². The molecule has 0 spiro atoms. The molecule has 0 radical (unpaired) electrons. The summed E-state index contributed by atoms with van der Waals surface area (Å²) in [5.74, 6) is 0. The van der Waals surface area contributed by atoms with Crippen LogP contribution in [0.25, 0.3) is 0 Å². The van der Waals surface area contributed by atoms with E-state index >= 15 is 0 Å². The lowest BCUT2D eigenvalue weighted by Gasteiger charge is -2.41. The molecule has 1 fully saturated rings. The van der Waals surface area contributed by atoms with Crippen molar-refractivity contribution in [2.75, 3.05) is 0 Å². The molecule has 0 heterocycles. The van der Waals surface area contributed by atoms with Gasteiger partial charge in [-0.1, -0.05) is 37.6 Å². The van der Waals surface area contributed by atoms with Crippen molar-refractivity contribution in [1.29, 1.82) is 0 Å². The second-order valence-electron chi connectivity index (χ2n) is 6.28. The Morgan fingerprint density at radius 1 is 1.12 bits per heavy atom.